The van der Waals surface area contributed by atoms with Gasteiger partial charge in [0, 0.05) is 13.1 Å². The number of rotatable bonds is 6. The zero-order chi connectivity index (χ0) is 15.8. The number of nitrogens with zero attached hydrogens (tertiary/aromatic N) is 2. The summed E-state index contributed by atoms with van der Waals surface area (Å²) in [6, 6.07) is 6.15. The lowest BCUT2D eigenvalue weighted by Gasteiger charge is -2.25. The van der Waals surface area contributed by atoms with Gasteiger partial charge >= 0.3 is 0 Å². The number of hydrogen-bond acceptors (Lipinski definition) is 4. The fourth-order valence-electron chi connectivity index (χ4n) is 2.27. The molecule has 6 heteroatoms. The smallest absolute Gasteiger partial charge is 0.254 e. The number of carbonyl (C=O) groups excluding carboxylic acids is 1. The van der Waals surface area contributed by atoms with Crippen LogP contribution in [0.15, 0.2) is 29.4 Å². The van der Waals surface area contributed by atoms with Crippen LogP contribution in [0.3, 0.4) is 0 Å². The highest BCUT2D eigenvalue weighted by Crippen LogP contribution is 2.08. The van der Waals surface area contributed by atoms with E-state index in [4.69, 9.17) is 4.74 Å². The van der Waals surface area contributed by atoms with Gasteiger partial charge < -0.3 is 4.74 Å². The molecule has 0 saturated carbocycles. The normalized spacial score (nSPS) is 16.5. The number of halogens is 1. The van der Waals surface area contributed by atoms with Crippen LogP contribution in [0, 0.1) is 5.82 Å². The van der Waals surface area contributed by atoms with Crippen molar-refractivity contribution >= 4 is 11.6 Å². The highest BCUT2D eigenvalue weighted by Gasteiger charge is 2.14. The monoisotopic (exact) mass is 307 g/mol. The molecule has 120 valence electrons. The van der Waals surface area contributed by atoms with Gasteiger partial charge in [0.2, 0.25) is 0 Å². The Bertz CT molecular complexity index is 511. The Morgan fingerprint density at radius 2 is 2.00 bits per heavy atom. The van der Waals surface area contributed by atoms with Crippen LogP contribution in [-0.2, 0) is 9.53 Å². The molecule has 5 nitrogen and oxygen atoms in total. The fraction of sp³-hybridized carbons (Fsp3) is 0.500. The first-order valence-electron chi connectivity index (χ1n) is 7.60. The summed E-state index contributed by atoms with van der Waals surface area (Å²) in [5.74, 6) is -0.423. The van der Waals surface area contributed by atoms with Crippen LogP contribution in [0.1, 0.15) is 25.3 Å². The van der Waals surface area contributed by atoms with Crippen LogP contribution < -0.4 is 5.43 Å². The average Bonchev–Trinajstić information content (AvgIpc) is 2.53. The molecule has 2 rings (SSSR count). The molecular weight excluding hydrogens is 285 g/mol. The average molecular weight is 307 g/mol. The van der Waals surface area contributed by atoms with E-state index in [1.165, 1.54) is 12.1 Å². The maximum absolute atomic E-state index is 13.0. The molecule has 22 heavy (non-hydrogen) atoms. The minimum Gasteiger partial charge on any atom is -0.379 e. The van der Waals surface area contributed by atoms with Crippen LogP contribution in [0.5, 0.6) is 0 Å². The molecule has 0 aromatic heterocycles. The molecule has 0 atom stereocenters. The first kappa shape index (κ1) is 16.6. The van der Waals surface area contributed by atoms with Crippen molar-refractivity contribution < 1.29 is 13.9 Å². The first-order valence-corrected chi connectivity index (χ1v) is 7.60. The van der Waals surface area contributed by atoms with E-state index in [9.17, 15) is 9.18 Å². The maximum Gasteiger partial charge on any atom is 0.254 e. The molecule has 0 spiro atoms. The molecule has 1 saturated heterocycles. The molecular formula is C16H22FN3O2. The summed E-state index contributed by atoms with van der Waals surface area (Å²) < 4.78 is 18.2. The van der Waals surface area contributed by atoms with Gasteiger partial charge in [-0.15, -0.1) is 0 Å². The standard InChI is InChI=1S/C16H22FN3O2/c1-2-3-15(13-4-6-14(17)7-5-13)18-19-16(21)12-20-8-10-22-11-9-20/h4-7H,2-3,8-12H2,1H3,(H,19,21)/b18-15-. The minimum absolute atomic E-state index is 0.141. The number of hydrogen-bond donors (Lipinski definition) is 1. The van der Waals surface area contributed by atoms with E-state index in [-0.39, 0.29) is 11.7 Å². The number of nitrogens with one attached hydrogen (secondary N) is 1. The van der Waals surface area contributed by atoms with E-state index in [1.54, 1.807) is 12.1 Å². The summed E-state index contributed by atoms with van der Waals surface area (Å²) in [7, 11) is 0. The summed E-state index contributed by atoms with van der Waals surface area (Å²) in [5.41, 5.74) is 4.19. The van der Waals surface area contributed by atoms with Gasteiger partial charge in [0.25, 0.3) is 5.91 Å². The van der Waals surface area contributed by atoms with Crippen molar-refractivity contribution in [1.29, 1.82) is 0 Å². The van der Waals surface area contributed by atoms with Crippen molar-refractivity contribution in [1.82, 2.24) is 10.3 Å². The third-order valence-corrected chi connectivity index (χ3v) is 3.45. The second-order valence-corrected chi connectivity index (χ2v) is 5.24. The van der Waals surface area contributed by atoms with E-state index in [1.807, 2.05) is 11.8 Å². The third-order valence-electron chi connectivity index (χ3n) is 3.45. The number of ether oxygens (including phenoxy) is 1. The Morgan fingerprint density at radius 1 is 1.32 bits per heavy atom. The van der Waals surface area contributed by atoms with Crippen LogP contribution in [0.4, 0.5) is 4.39 Å². The molecule has 1 aliphatic heterocycles. The van der Waals surface area contributed by atoms with Crippen molar-refractivity contribution in [2.45, 2.75) is 19.8 Å². The number of morpholine rings is 1. The maximum atomic E-state index is 13.0. The fourth-order valence-corrected chi connectivity index (χ4v) is 2.27. The molecule has 1 aromatic rings. The van der Waals surface area contributed by atoms with Gasteiger partial charge in [-0.1, -0.05) is 25.5 Å². The van der Waals surface area contributed by atoms with E-state index < -0.39 is 0 Å². The summed E-state index contributed by atoms with van der Waals surface area (Å²) in [4.78, 5) is 14.0. The van der Waals surface area contributed by atoms with Crippen LogP contribution in [0.2, 0.25) is 0 Å². The van der Waals surface area contributed by atoms with E-state index in [0.717, 1.165) is 37.2 Å². The lowest BCUT2D eigenvalue weighted by molar-refractivity contribution is -0.123. The second kappa shape index (κ2) is 8.60. The van der Waals surface area contributed by atoms with Gasteiger partial charge in [-0.3, -0.25) is 9.69 Å². The van der Waals surface area contributed by atoms with Gasteiger partial charge in [0.05, 0.1) is 25.5 Å². The predicted molar refractivity (Wildman–Crippen MR) is 83.2 cm³/mol. The van der Waals surface area contributed by atoms with Crippen LogP contribution in [0.25, 0.3) is 0 Å². The molecule has 1 heterocycles. The summed E-state index contributed by atoms with van der Waals surface area (Å²) in [6.45, 7) is 5.19. The SMILES string of the molecule is CCC/C(=N/NC(=O)CN1CCOCC1)c1ccc(F)cc1. The second-order valence-electron chi connectivity index (χ2n) is 5.24. The highest BCUT2D eigenvalue weighted by molar-refractivity contribution is 6.01. The van der Waals surface area contributed by atoms with Gasteiger partial charge in [-0.2, -0.15) is 5.10 Å². The summed E-state index contributed by atoms with van der Waals surface area (Å²) in [5, 5.41) is 4.22. The van der Waals surface area contributed by atoms with Crippen LogP contribution >= 0.6 is 0 Å². The Balaban J connectivity index is 1.94. The van der Waals surface area contributed by atoms with Gasteiger partial charge in [0.15, 0.2) is 0 Å². The number of amides is 1. The van der Waals surface area contributed by atoms with E-state index in [0.29, 0.717) is 19.8 Å². The molecule has 1 amide bonds. The summed E-state index contributed by atoms with van der Waals surface area (Å²) >= 11 is 0. The van der Waals surface area contributed by atoms with E-state index in [2.05, 4.69) is 10.5 Å². The Kier molecular flexibility index (Phi) is 6.48. The van der Waals surface area contributed by atoms with Crippen molar-refractivity contribution in [2.75, 3.05) is 32.8 Å². The molecule has 1 fully saturated rings. The molecule has 0 bridgehead atoms. The number of carbonyl (C=O) groups is 1. The third kappa shape index (κ3) is 5.20. The summed E-state index contributed by atoms with van der Waals surface area (Å²) in [6.07, 6.45) is 1.62. The molecule has 1 N–H and O–H groups in total. The molecule has 1 aliphatic rings. The quantitative estimate of drug-likeness (QED) is 0.644. The van der Waals surface area contributed by atoms with Gasteiger partial charge in [-0.25, -0.2) is 9.82 Å². The number of hydrazone groups is 1. The predicted octanol–water partition coefficient (Wildman–Crippen LogP) is 1.78. The Labute approximate surface area is 130 Å². The van der Waals surface area contributed by atoms with Crippen molar-refractivity contribution in [3.8, 4) is 0 Å². The zero-order valence-corrected chi connectivity index (χ0v) is 12.8. The topological polar surface area (TPSA) is 53.9 Å². The first-order chi connectivity index (χ1) is 10.7. The highest BCUT2D eigenvalue weighted by atomic mass is 19.1. The molecule has 0 unspecified atom stereocenters. The molecule has 0 radical (unpaired) electrons. The Hall–Kier alpha value is -1.79. The number of benzene rings is 1. The van der Waals surface area contributed by atoms with Gasteiger partial charge in [0.1, 0.15) is 5.82 Å². The molecule has 0 aliphatic carbocycles. The lowest BCUT2D eigenvalue weighted by atomic mass is 10.1. The lowest BCUT2D eigenvalue weighted by Crippen LogP contribution is -2.42. The van der Waals surface area contributed by atoms with Crippen molar-refractivity contribution in [3.63, 3.8) is 0 Å². The zero-order valence-electron chi connectivity index (χ0n) is 12.8. The minimum atomic E-state index is -0.282. The van der Waals surface area contributed by atoms with Crippen molar-refractivity contribution in [2.24, 2.45) is 5.10 Å². The van der Waals surface area contributed by atoms with Gasteiger partial charge in [-0.05, 0) is 24.1 Å². The molecule has 1 aromatic carbocycles. The van der Waals surface area contributed by atoms with Crippen molar-refractivity contribution in [3.05, 3.63) is 35.6 Å². The van der Waals surface area contributed by atoms with Crippen LogP contribution in [-0.4, -0.2) is 49.4 Å². The largest absolute Gasteiger partial charge is 0.379 e. The Morgan fingerprint density at radius 3 is 2.64 bits per heavy atom. The van der Waals surface area contributed by atoms with E-state index >= 15 is 0 Å².